The van der Waals surface area contributed by atoms with Gasteiger partial charge in [0.05, 0.1) is 36.5 Å². The van der Waals surface area contributed by atoms with Crippen LogP contribution in [0.15, 0.2) is 76.6 Å². The fourth-order valence-corrected chi connectivity index (χ4v) is 6.53. The third-order valence-electron chi connectivity index (χ3n) is 8.83. The highest BCUT2D eigenvalue weighted by atomic mass is 19.4. The third kappa shape index (κ3) is 5.97. The lowest BCUT2D eigenvalue weighted by Crippen LogP contribution is -2.49. The molecule has 4 aromatic rings. The molecule has 0 aliphatic carbocycles. The Labute approximate surface area is 256 Å². The number of hydrogen-bond acceptors (Lipinski definition) is 6. The summed E-state index contributed by atoms with van der Waals surface area (Å²) in [7, 11) is 0. The minimum Gasteiger partial charge on any atom is -0.364 e. The summed E-state index contributed by atoms with van der Waals surface area (Å²) >= 11 is 0. The first-order chi connectivity index (χ1) is 21.5. The van der Waals surface area contributed by atoms with E-state index < -0.39 is 52.6 Å². The average Bonchev–Trinajstić information content (AvgIpc) is 3.37. The Bertz CT molecular complexity index is 1830. The van der Waals surface area contributed by atoms with Crippen molar-refractivity contribution in [2.45, 2.75) is 63.8 Å². The molecule has 0 radical (unpaired) electrons. The van der Waals surface area contributed by atoms with Gasteiger partial charge in [-0.1, -0.05) is 42.5 Å². The second kappa shape index (κ2) is 12.0. The highest BCUT2D eigenvalue weighted by molar-refractivity contribution is 5.35. The van der Waals surface area contributed by atoms with Crippen LogP contribution in [0.3, 0.4) is 0 Å². The highest BCUT2D eigenvalue weighted by Crippen LogP contribution is 2.43. The Morgan fingerprint density at radius 1 is 1.00 bits per heavy atom. The van der Waals surface area contributed by atoms with Gasteiger partial charge in [0.25, 0.3) is 5.56 Å². The van der Waals surface area contributed by atoms with Crippen molar-refractivity contribution >= 4 is 0 Å². The van der Waals surface area contributed by atoms with E-state index in [0.717, 1.165) is 38.5 Å². The lowest BCUT2D eigenvalue weighted by molar-refractivity contribution is -0.138. The van der Waals surface area contributed by atoms with Gasteiger partial charge in [0.2, 0.25) is 0 Å². The molecule has 1 fully saturated rings. The van der Waals surface area contributed by atoms with Gasteiger partial charge in [0.1, 0.15) is 11.4 Å². The molecule has 0 bridgehead atoms. The monoisotopic (exact) mass is 623 g/mol. The first-order valence-electron chi connectivity index (χ1n) is 14.8. The Balaban J connectivity index is 1.42. The standard InChI is InChI=1S/C33H33F4N5O3/c1-21-14-22(16-39-15-21)17-40-12-10-32(11-13-40)29-28(20-45-32)41(18-24-25(33(35,36)37)8-5-9-26(24)34)31(44)42(30(29)43)19-27(38)23-6-3-2-4-7-23/h2-9,14-16,27H,10-13,17-20,38H2,1H3/t27-/m0/s1. The van der Waals surface area contributed by atoms with E-state index in [1.165, 1.54) is 0 Å². The summed E-state index contributed by atoms with van der Waals surface area (Å²) in [5.41, 5.74) is 5.22. The third-order valence-corrected chi connectivity index (χ3v) is 8.83. The zero-order valence-corrected chi connectivity index (χ0v) is 24.7. The van der Waals surface area contributed by atoms with Gasteiger partial charge in [0.15, 0.2) is 0 Å². The van der Waals surface area contributed by atoms with Crippen molar-refractivity contribution in [3.8, 4) is 0 Å². The first-order valence-corrected chi connectivity index (χ1v) is 14.8. The molecule has 8 nitrogen and oxygen atoms in total. The molecule has 1 spiro atoms. The van der Waals surface area contributed by atoms with Crippen molar-refractivity contribution in [1.29, 1.82) is 0 Å². The molecule has 2 aromatic heterocycles. The van der Waals surface area contributed by atoms with E-state index in [0.29, 0.717) is 38.0 Å². The lowest BCUT2D eigenvalue weighted by Gasteiger charge is -2.39. The summed E-state index contributed by atoms with van der Waals surface area (Å²) in [5.74, 6) is -1.10. The predicted octanol–water partition coefficient (Wildman–Crippen LogP) is 4.64. The van der Waals surface area contributed by atoms with Gasteiger partial charge >= 0.3 is 11.9 Å². The van der Waals surface area contributed by atoms with Crippen molar-refractivity contribution in [3.05, 3.63) is 133 Å². The van der Waals surface area contributed by atoms with Crippen molar-refractivity contribution in [2.24, 2.45) is 5.73 Å². The number of halogens is 4. The van der Waals surface area contributed by atoms with Crippen molar-refractivity contribution < 1.29 is 22.3 Å². The minimum atomic E-state index is -4.86. The van der Waals surface area contributed by atoms with Crippen molar-refractivity contribution in [2.75, 3.05) is 13.1 Å². The first kappa shape index (κ1) is 30.9. The topological polar surface area (TPSA) is 95.4 Å². The number of likely N-dealkylation sites (tertiary alicyclic amines) is 1. The second-order valence-electron chi connectivity index (χ2n) is 11.8. The molecule has 1 saturated heterocycles. The van der Waals surface area contributed by atoms with E-state index >= 15 is 4.39 Å². The summed E-state index contributed by atoms with van der Waals surface area (Å²) in [6.07, 6.45) is -0.420. The molecule has 6 rings (SSSR count). The number of piperidine rings is 1. The maximum Gasteiger partial charge on any atom is 0.416 e. The highest BCUT2D eigenvalue weighted by Gasteiger charge is 2.47. The van der Waals surface area contributed by atoms with Crippen LogP contribution in [0.5, 0.6) is 0 Å². The van der Waals surface area contributed by atoms with Gasteiger partial charge < -0.3 is 10.5 Å². The summed E-state index contributed by atoms with van der Waals surface area (Å²) < 4.78 is 65.2. The zero-order chi connectivity index (χ0) is 31.9. The van der Waals surface area contributed by atoms with E-state index in [9.17, 15) is 22.8 Å². The van der Waals surface area contributed by atoms with Gasteiger partial charge in [-0.2, -0.15) is 13.2 Å². The van der Waals surface area contributed by atoms with Crippen LogP contribution in [0.2, 0.25) is 0 Å². The molecule has 2 aliphatic heterocycles. The lowest BCUT2D eigenvalue weighted by atomic mass is 9.85. The number of hydrogen-bond donors (Lipinski definition) is 1. The molecule has 2 N–H and O–H groups in total. The summed E-state index contributed by atoms with van der Waals surface area (Å²) in [6, 6.07) is 12.9. The normalized spacial score (nSPS) is 17.0. The van der Waals surface area contributed by atoms with Crippen LogP contribution in [-0.2, 0) is 42.8 Å². The number of aromatic nitrogens is 3. The van der Waals surface area contributed by atoms with Gasteiger partial charge in [-0.15, -0.1) is 0 Å². The fourth-order valence-electron chi connectivity index (χ4n) is 6.53. The fraction of sp³-hybridized carbons (Fsp3) is 0.364. The van der Waals surface area contributed by atoms with Gasteiger partial charge in [-0.3, -0.25) is 23.8 Å². The van der Waals surface area contributed by atoms with Crippen LogP contribution in [0.25, 0.3) is 0 Å². The molecule has 1 atom stereocenters. The van der Waals surface area contributed by atoms with Crippen LogP contribution < -0.4 is 17.0 Å². The molecule has 0 saturated carbocycles. The van der Waals surface area contributed by atoms with Crippen LogP contribution in [0.1, 0.15) is 58.0 Å². The maximum atomic E-state index is 15.0. The quantitative estimate of drug-likeness (QED) is 0.302. The maximum absolute atomic E-state index is 15.0. The molecular formula is C33H33F4N5O3. The largest absolute Gasteiger partial charge is 0.416 e. The molecule has 4 heterocycles. The second-order valence-corrected chi connectivity index (χ2v) is 11.8. The SMILES string of the molecule is Cc1cncc(CN2CCC3(CC2)OCc2c3c(=O)n(C[C@H](N)c3ccccc3)c(=O)n2Cc2c(F)cccc2C(F)(F)F)c1. The number of ether oxygens (including phenoxy) is 1. The summed E-state index contributed by atoms with van der Waals surface area (Å²) in [6.45, 7) is 2.65. The molecule has 12 heteroatoms. The van der Waals surface area contributed by atoms with Crippen LogP contribution in [-0.4, -0.2) is 32.1 Å². The average molecular weight is 624 g/mol. The molecule has 2 aromatic carbocycles. The van der Waals surface area contributed by atoms with E-state index in [2.05, 4.69) is 16.0 Å². The van der Waals surface area contributed by atoms with Gasteiger partial charge in [0, 0.05) is 43.6 Å². The molecule has 2 aliphatic rings. The minimum absolute atomic E-state index is 0.164. The number of nitrogens with two attached hydrogens (primary N) is 1. The molecule has 0 unspecified atom stereocenters. The Kier molecular flexibility index (Phi) is 8.23. The number of pyridine rings is 1. The van der Waals surface area contributed by atoms with Crippen LogP contribution >= 0.6 is 0 Å². The van der Waals surface area contributed by atoms with Crippen molar-refractivity contribution in [1.82, 2.24) is 19.0 Å². The molecule has 45 heavy (non-hydrogen) atoms. The van der Waals surface area contributed by atoms with Crippen LogP contribution in [0, 0.1) is 12.7 Å². The van der Waals surface area contributed by atoms with Crippen LogP contribution in [0.4, 0.5) is 17.6 Å². The molecular weight excluding hydrogens is 590 g/mol. The Morgan fingerprint density at radius 2 is 1.73 bits per heavy atom. The number of rotatable bonds is 7. The van der Waals surface area contributed by atoms with Gasteiger partial charge in [-0.05, 0) is 48.6 Å². The van der Waals surface area contributed by atoms with E-state index in [1.54, 1.807) is 36.5 Å². The van der Waals surface area contributed by atoms with E-state index in [-0.39, 0.29) is 24.4 Å². The number of nitrogens with zero attached hydrogens (tertiary/aromatic N) is 4. The van der Waals surface area contributed by atoms with Gasteiger partial charge in [-0.25, -0.2) is 9.18 Å². The molecule has 0 amide bonds. The summed E-state index contributed by atoms with van der Waals surface area (Å²) in [4.78, 5) is 34.6. The number of fused-ring (bicyclic) bond motifs is 2. The molecule has 236 valence electrons. The number of benzene rings is 2. The number of aryl methyl sites for hydroxylation is 1. The zero-order valence-electron chi connectivity index (χ0n) is 24.7. The number of alkyl halides is 3. The van der Waals surface area contributed by atoms with Crippen molar-refractivity contribution in [3.63, 3.8) is 0 Å². The smallest absolute Gasteiger partial charge is 0.364 e. The Hall–Kier alpha value is -4.13. The summed E-state index contributed by atoms with van der Waals surface area (Å²) in [5, 5.41) is 0. The Morgan fingerprint density at radius 3 is 2.42 bits per heavy atom. The predicted molar refractivity (Wildman–Crippen MR) is 159 cm³/mol. The van der Waals surface area contributed by atoms with E-state index in [4.69, 9.17) is 10.5 Å². The van der Waals surface area contributed by atoms with E-state index in [1.807, 2.05) is 13.1 Å².